The van der Waals surface area contributed by atoms with Gasteiger partial charge in [-0.3, -0.25) is 4.79 Å². The second kappa shape index (κ2) is 10.6. The Morgan fingerprint density at radius 3 is 2.86 bits per heavy atom. The second-order valence-electron chi connectivity index (χ2n) is 7.35. The van der Waals surface area contributed by atoms with Crippen LogP contribution in [0, 0.1) is 11.3 Å². The van der Waals surface area contributed by atoms with Crippen LogP contribution in [0.4, 0.5) is 5.95 Å². The van der Waals surface area contributed by atoms with Gasteiger partial charge in [-0.25, -0.2) is 4.98 Å². The molecule has 1 aliphatic carbocycles. The Hall–Kier alpha value is -2.90. The summed E-state index contributed by atoms with van der Waals surface area (Å²) in [6, 6.07) is 2.05. The van der Waals surface area contributed by atoms with E-state index in [-0.39, 0.29) is 12.5 Å². The number of ether oxygens (including phenoxy) is 1. The van der Waals surface area contributed by atoms with Crippen molar-refractivity contribution in [3.05, 3.63) is 30.4 Å². The minimum absolute atomic E-state index is 0.0387. The molecule has 1 fully saturated rings. The maximum Gasteiger partial charge on any atom is 0.325 e. The maximum absolute atomic E-state index is 11.4. The van der Waals surface area contributed by atoms with E-state index >= 15 is 0 Å². The van der Waals surface area contributed by atoms with Crippen LogP contribution in [0.1, 0.15) is 45.4 Å². The van der Waals surface area contributed by atoms with Crippen LogP contribution < -0.4 is 10.6 Å². The fourth-order valence-electron chi connectivity index (χ4n) is 3.70. The molecule has 3 N–H and O–H groups in total. The van der Waals surface area contributed by atoms with E-state index in [1.807, 2.05) is 6.07 Å². The molecule has 8 nitrogen and oxygen atoms in total. The molecule has 2 heterocycles. The molecule has 0 aliphatic heterocycles. The van der Waals surface area contributed by atoms with Crippen molar-refractivity contribution in [2.24, 2.45) is 5.92 Å². The highest BCUT2D eigenvalue weighted by Crippen LogP contribution is 2.26. The zero-order valence-electron chi connectivity index (χ0n) is 17.0. The number of allylic oxidation sites excluding steroid dienone is 1. The Kier molecular flexibility index (Phi) is 7.61. The molecule has 2 aromatic rings. The van der Waals surface area contributed by atoms with Crippen LogP contribution in [-0.4, -0.2) is 39.9 Å². The van der Waals surface area contributed by atoms with Crippen molar-refractivity contribution in [2.45, 2.75) is 52.0 Å². The summed E-state index contributed by atoms with van der Waals surface area (Å²) in [7, 11) is 0. The SMILES string of the molecule is CCOC(=O)CN/C=C(\C=N)Nc1ncc2ccn(CC3CCCCCC3)c2n1. The summed E-state index contributed by atoms with van der Waals surface area (Å²) in [6.07, 6.45) is 14.5. The van der Waals surface area contributed by atoms with Gasteiger partial charge < -0.3 is 25.3 Å². The third-order valence-corrected chi connectivity index (χ3v) is 5.15. The number of esters is 1. The lowest BCUT2D eigenvalue weighted by atomic mass is 10.0. The second-order valence-corrected chi connectivity index (χ2v) is 7.35. The molecule has 0 bridgehead atoms. The molecule has 0 aromatic carbocycles. The molecule has 8 heteroatoms. The first-order chi connectivity index (χ1) is 14.2. The molecule has 0 saturated heterocycles. The first-order valence-corrected chi connectivity index (χ1v) is 10.4. The summed E-state index contributed by atoms with van der Waals surface area (Å²) in [5.41, 5.74) is 1.35. The van der Waals surface area contributed by atoms with E-state index in [9.17, 15) is 4.79 Å². The average molecular weight is 399 g/mol. The van der Waals surface area contributed by atoms with Crippen LogP contribution in [0.5, 0.6) is 0 Å². The van der Waals surface area contributed by atoms with Crippen molar-refractivity contribution in [3.63, 3.8) is 0 Å². The van der Waals surface area contributed by atoms with Crippen molar-refractivity contribution in [2.75, 3.05) is 18.5 Å². The van der Waals surface area contributed by atoms with Crippen LogP contribution in [0.15, 0.2) is 30.4 Å². The van der Waals surface area contributed by atoms with Gasteiger partial charge >= 0.3 is 5.97 Å². The Bertz CT molecular complexity index is 852. The zero-order chi connectivity index (χ0) is 20.5. The molecule has 1 saturated carbocycles. The average Bonchev–Trinajstić information content (AvgIpc) is 2.93. The van der Waals surface area contributed by atoms with Crippen molar-refractivity contribution < 1.29 is 9.53 Å². The number of carbonyl (C=O) groups is 1. The molecule has 0 atom stereocenters. The van der Waals surface area contributed by atoms with Gasteiger partial charge in [-0.2, -0.15) is 4.98 Å². The van der Waals surface area contributed by atoms with E-state index in [1.54, 1.807) is 19.3 Å². The van der Waals surface area contributed by atoms with Crippen LogP contribution >= 0.6 is 0 Å². The summed E-state index contributed by atoms with van der Waals surface area (Å²) in [5.74, 6) is 0.775. The van der Waals surface area contributed by atoms with Gasteiger partial charge in [-0.1, -0.05) is 25.7 Å². The predicted octanol–water partition coefficient (Wildman–Crippen LogP) is 3.46. The Morgan fingerprint density at radius 2 is 2.14 bits per heavy atom. The van der Waals surface area contributed by atoms with Gasteiger partial charge in [0.25, 0.3) is 0 Å². The lowest BCUT2D eigenvalue weighted by Gasteiger charge is -2.15. The first-order valence-electron chi connectivity index (χ1n) is 10.4. The lowest BCUT2D eigenvalue weighted by Crippen LogP contribution is -2.21. The van der Waals surface area contributed by atoms with Crippen molar-refractivity contribution in [3.8, 4) is 0 Å². The van der Waals surface area contributed by atoms with E-state index in [4.69, 9.17) is 10.1 Å². The molecular formula is C21H30N6O2. The predicted molar refractivity (Wildman–Crippen MR) is 114 cm³/mol. The van der Waals surface area contributed by atoms with E-state index in [2.05, 4.69) is 31.4 Å². The summed E-state index contributed by atoms with van der Waals surface area (Å²) < 4.78 is 7.08. The first kappa shape index (κ1) is 20.8. The quantitative estimate of drug-likeness (QED) is 0.339. The monoisotopic (exact) mass is 398 g/mol. The van der Waals surface area contributed by atoms with Gasteiger partial charge in [0.2, 0.25) is 5.95 Å². The largest absolute Gasteiger partial charge is 0.465 e. The maximum atomic E-state index is 11.4. The van der Waals surface area contributed by atoms with Crippen LogP contribution in [0.3, 0.4) is 0 Å². The topological polar surface area (TPSA) is 105 Å². The summed E-state index contributed by atoms with van der Waals surface area (Å²) in [6.45, 7) is 3.12. The van der Waals surface area contributed by atoms with E-state index in [0.29, 0.717) is 24.2 Å². The number of rotatable bonds is 9. The van der Waals surface area contributed by atoms with Gasteiger partial charge in [-0.15, -0.1) is 0 Å². The number of hydrogen-bond acceptors (Lipinski definition) is 7. The Balaban J connectivity index is 1.67. The van der Waals surface area contributed by atoms with Crippen LogP contribution in [0.2, 0.25) is 0 Å². The van der Waals surface area contributed by atoms with Gasteiger partial charge in [-0.05, 0) is 31.7 Å². The molecule has 0 amide bonds. The molecule has 0 spiro atoms. The zero-order valence-corrected chi connectivity index (χ0v) is 17.0. The van der Waals surface area contributed by atoms with Gasteiger partial charge in [0.1, 0.15) is 12.2 Å². The fraction of sp³-hybridized carbons (Fsp3) is 0.524. The van der Waals surface area contributed by atoms with Crippen molar-refractivity contribution in [1.82, 2.24) is 19.9 Å². The smallest absolute Gasteiger partial charge is 0.325 e. The number of nitrogens with zero attached hydrogens (tertiary/aromatic N) is 3. The lowest BCUT2D eigenvalue weighted by molar-refractivity contribution is -0.141. The minimum atomic E-state index is -0.345. The number of carbonyl (C=O) groups excluding carboxylic acids is 1. The number of hydrogen-bond donors (Lipinski definition) is 3. The molecule has 3 rings (SSSR count). The van der Waals surface area contributed by atoms with Crippen molar-refractivity contribution >= 4 is 29.2 Å². The highest BCUT2D eigenvalue weighted by Gasteiger charge is 2.15. The highest BCUT2D eigenvalue weighted by molar-refractivity contribution is 5.81. The standard InChI is InChI=1S/C21H30N6O2/c1-2-29-19(28)14-23-13-18(11-22)25-21-24-12-17-9-10-27(20(17)26-21)15-16-7-5-3-4-6-8-16/h9-13,16,22-23H,2-8,14-15H2,1H3,(H,24,25,26)/b18-13+,22-11?. The fourth-order valence-corrected chi connectivity index (χ4v) is 3.70. The molecule has 1 aliphatic rings. The molecule has 29 heavy (non-hydrogen) atoms. The minimum Gasteiger partial charge on any atom is -0.465 e. The molecule has 2 aromatic heterocycles. The van der Waals surface area contributed by atoms with E-state index < -0.39 is 0 Å². The van der Waals surface area contributed by atoms with Crippen LogP contribution in [0.25, 0.3) is 11.0 Å². The molecule has 0 unspecified atom stereocenters. The molecule has 0 radical (unpaired) electrons. The number of fused-ring (bicyclic) bond motifs is 1. The summed E-state index contributed by atoms with van der Waals surface area (Å²) in [5, 5.41) is 14.4. The number of anilines is 1. The van der Waals surface area contributed by atoms with Crippen molar-refractivity contribution in [1.29, 1.82) is 5.41 Å². The Morgan fingerprint density at radius 1 is 1.34 bits per heavy atom. The van der Waals surface area contributed by atoms with Gasteiger partial charge in [0, 0.05) is 36.7 Å². The van der Waals surface area contributed by atoms with E-state index in [1.165, 1.54) is 38.5 Å². The number of nitrogens with one attached hydrogen (secondary N) is 3. The van der Waals surface area contributed by atoms with Gasteiger partial charge in [0.05, 0.1) is 12.3 Å². The third-order valence-electron chi connectivity index (χ3n) is 5.15. The Labute approximate surface area is 171 Å². The van der Waals surface area contributed by atoms with E-state index in [0.717, 1.165) is 23.8 Å². The molecular weight excluding hydrogens is 368 g/mol. The summed E-state index contributed by atoms with van der Waals surface area (Å²) >= 11 is 0. The molecule has 156 valence electrons. The van der Waals surface area contributed by atoms with Gasteiger partial charge in [0.15, 0.2) is 0 Å². The highest BCUT2D eigenvalue weighted by atomic mass is 16.5. The normalized spacial score (nSPS) is 15.7. The summed E-state index contributed by atoms with van der Waals surface area (Å²) in [4.78, 5) is 20.4. The van der Waals surface area contributed by atoms with Crippen LogP contribution in [-0.2, 0) is 16.1 Å². The number of aromatic nitrogens is 3. The third kappa shape index (κ3) is 6.04.